The van der Waals surface area contributed by atoms with Crippen molar-refractivity contribution in [2.75, 3.05) is 0 Å². The van der Waals surface area contributed by atoms with E-state index in [0.29, 0.717) is 16.7 Å². The molecule has 94 valence electrons. The first-order valence-corrected chi connectivity index (χ1v) is 7.09. The Balaban J connectivity index is 2.25. The molecule has 0 aliphatic rings. The van der Waals surface area contributed by atoms with E-state index in [1.54, 1.807) is 0 Å². The van der Waals surface area contributed by atoms with Gasteiger partial charge in [-0.15, -0.1) is 11.6 Å². The highest BCUT2D eigenvalue weighted by Crippen LogP contribution is 2.32. The van der Waals surface area contributed by atoms with Gasteiger partial charge in [-0.2, -0.15) is 0 Å². The Bertz CT molecular complexity index is 570. The number of benzene rings is 2. The fourth-order valence-corrected chi connectivity index (χ4v) is 2.17. The van der Waals surface area contributed by atoms with Crippen molar-refractivity contribution in [1.29, 1.82) is 0 Å². The summed E-state index contributed by atoms with van der Waals surface area (Å²) in [5, 5.41) is 0.564. The van der Waals surface area contributed by atoms with Gasteiger partial charge >= 0.3 is 0 Å². The van der Waals surface area contributed by atoms with Crippen LogP contribution in [0.4, 0.5) is 0 Å². The number of alkyl halides is 1. The minimum atomic E-state index is 0.442. The van der Waals surface area contributed by atoms with Crippen molar-refractivity contribution < 1.29 is 4.74 Å². The number of hydrogen-bond donors (Lipinski definition) is 0. The Labute approximate surface area is 125 Å². The lowest BCUT2D eigenvalue weighted by Crippen LogP contribution is -1.88. The van der Waals surface area contributed by atoms with Crippen LogP contribution >= 0.6 is 39.1 Å². The van der Waals surface area contributed by atoms with E-state index < -0.39 is 0 Å². The van der Waals surface area contributed by atoms with E-state index in [4.69, 9.17) is 27.9 Å². The maximum atomic E-state index is 6.14. The second-order valence-corrected chi connectivity index (χ2v) is 5.44. The van der Waals surface area contributed by atoms with E-state index in [1.807, 2.05) is 43.3 Å². The van der Waals surface area contributed by atoms with Gasteiger partial charge in [0.25, 0.3) is 0 Å². The summed E-state index contributed by atoms with van der Waals surface area (Å²) in [6.07, 6.45) is 0. The first kappa shape index (κ1) is 13.7. The summed E-state index contributed by atoms with van der Waals surface area (Å²) in [5.41, 5.74) is 2.09. The predicted octanol–water partition coefficient (Wildman–Crippen LogP) is 5.94. The Morgan fingerprint density at radius 3 is 2.56 bits per heavy atom. The van der Waals surface area contributed by atoms with E-state index in [9.17, 15) is 0 Å². The summed E-state index contributed by atoms with van der Waals surface area (Å²) in [4.78, 5) is 0. The van der Waals surface area contributed by atoms with Gasteiger partial charge in [0.05, 0.1) is 5.02 Å². The molecule has 0 bridgehead atoms. The third kappa shape index (κ3) is 3.19. The highest BCUT2D eigenvalue weighted by atomic mass is 79.9. The lowest BCUT2D eigenvalue weighted by atomic mass is 10.2. The molecule has 1 nitrogen and oxygen atoms in total. The van der Waals surface area contributed by atoms with Crippen LogP contribution in [0.5, 0.6) is 11.5 Å². The second-order valence-electron chi connectivity index (χ2n) is 3.91. The summed E-state index contributed by atoms with van der Waals surface area (Å²) >= 11 is 15.3. The van der Waals surface area contributed by atoms with Crippen LogP contribution in [0, 0.1) is 6.92 Å². The maximum absolute atomic E-state index is 6.14. The largest absolute Gasteiger partial charge is 0.456 e. The molecule has 0 radical (unpaired) electrons. The van der Waals surface area contributed by atoms with E-state index in [2.05, 4.69) is 15.9 Å². The molecule has 2 aromatic carbocycles. The fourth-order valence-electron chi connectivity index (χ4n) is 1.52. The summed E-state index contributed by atoms with van der Waals surface area (Å²) in [6, 6.07) is 11.3. The van der Waals surface area contributed by atoms with Crippen LogP contribution in [0.1, 0.15) is 11.1 Å². The average molecular weight is 346 g/mol. The molecule has 0 fully saturated rings. The maximum Gasteiger partial charge on any atom is 0.146 e. The molecule has 0 saturated heterocycles. The monoisotopic (exact) mass is 344 g/mol. The Morgan fingerprint density at radius 2 is 1.94 bits per heavy atom. The molecule has 0 atom stereocenters. The van der Waals surface area contributed by atoms with Crippen molar-refractivity contribution >= 4 is 39.1 Å². The van der Waals surface area contributed by atoms with Gasteiger partial charge in [-0.1, -0.05) is 33.6 Å². The molecule has 0 amide bonds. The van der Waals surface area contributed by atoms with Crippen LogP contribution in [-0.4, -0.2) is 0 Å². The van der Waals surface area contributed by atoms with Gasteiger partial charge in [0.15, 0.2) is 0 Å². The van der Waals surface area contributed by atoms with Gasteiger partial charge < -0.3 is 4.74 Å². The van der Waals surface area contributed by atoms with Crippen LogP contribution < -0.4 is 4.74 Å². The molecular weight excluding hydrogens is 335 g/mol. The van der Waals surface area contributed by atoms with E-state index in [1.165, 1.54) is 0 Å². The lowest BCUT2D eigenvalue weighted by Gasteiger charge is -2.09. The summed E-state index contributed by atoms with van der Waals surface area (Å²) in [5.74, 6) is 1.83. The predicted molar refractivity (Wildman–Crippen MR) is 80.0 cm³/mol. The van der Waals surface area contributed by atoms with E-state index in [-0.39, 0.29) is 0 Å². The average Bonchev–Trinajstić information content (AvgIpc) is 2.36. The first-order valence-electron chi connectivity index (χ1n) is 5.38. The van der Waals surface area contributed by atoms with E-state index >= 15 is 0 Å². The van der Waals surface area contributed by atoms with Crippen LogP contribution in [0.3, 0.4) is 0 Å². The molecule has 18 heavy (non-hydrogen) atoms. The summed E-state index contributed by atoms with van der Waals surface area (Å²) in [7, 11) is 0. The first-order chi connectivity index (χ1) is 8.60. The van der Waals surface area contributed by atoms with Crippen LogP contribution in [0.2, 0.25) is 5.02 Å². The number of ether oxygens (including phenoxy) is 1. The zero-order valence-corrected chi connectivity index (χ0v) is 12.8. The van der Waals surface area contributed by atoms with Crippen LogP contribution in [-0.2, 0) is 5.88 Å². The SMILES string of the molecule is Cc1cc(Oc2ccc(CCl)cc2Cl)ccc1Br. The van der Waals surface area contributed by atoms with Crippen molar-refractivity contribution in [3.63, 3.8) is 0 Å². The topological polar surface area (TPSA) is 9.23 Å². The second kappa shape index (κ2) is 5.96. The number of halogens is 3. The molecular formula is C14H11BrCl2O. The van der Waals surface area contributed by atoms with Crippen molar-refractivity contribution in [2.24, 2.45) is 0 Å². The molecule has 4 heteroatoms. The quantitative estimate of drug-likeness (QED) is 0.625. The van der Waals surface area contributed by atoms with Crippen LogP contribution in [0.25, 0.3) is 0 Å². The molecule has 2 rings (SSSR count). The Kier molecular flexibility index (Phi) is 4.55. The van der Waals surface area contributed by atoms with Gasteiger partial charge in [-0.3, -0.25) is 0 Å². The van der Waals surface area contributed by atoms with Gasteiger partial charge in [-0.05, 0) is 48.4 Å². The van der Waals surface area contributed by atoms with Gasteiger partial charge in [-0.25, -0.2) is 0 Å². The fraction of sp³-hybridized carbons (Fsp3) is 0.143. The normalized spacial score (nSPS) is 10.4. The van der Waals surface area contributed by atoms with Gasteiger partial charge in [0.1, 0.15) is 11.5 Å². The van der Waals surface area contributed by atoms with Crippen molar-refractivity contribution in [1.82, 2.24) is 0 Å². The van der Waals surface area contributed by atoms with E-state index in [0.717, 1.165) is 21.3 Å². The zero-order chi connectivity index (χ0) is 13.1. The zero-order valence-electron chi connectivity index (χ0n) is 9.71. The minimum absolute atomic E-state index is 0.442. The van der Waals surface area contributed by atoms with Crippen molar-refractivity contribution in [3.05, 3.63) is 57.0 Å². The van der Waals surface area contributed by atoms with Crippen molar-refractivity contribution in [2.45, 2.75) is 12.8 Å². The van der Waals surface area contributed by atoms with Gasteiger partial charge in [0.2, 0.25) is 0 Å². The summed E-state index contributed by atoms with van der Waals surface area (Å²) < 4.78 is 6.80. The lowest BCUT2D eigenvalue weighted by molar-refractivity contribution is 0.482. The molecule has 0 N–H and O–H groups in total. The summed E-state index contributed by atoms with van der Waals surface area (Å²) in [6.45, 7) is 2.01. The molecule has 2 aromatic rings. The third-order valence-corrected chi connectivity index (χ3v) is 4.00. The molecule has 0 unspecified atom stereocenters. The molecule has 0 aliphatic heterocycles. The Morgan fingerprint density at radius 1 is 1.17 bits per heavy atom. The molecule has 0 saturated carbocycles. The smallest absolute Gasteiger partial charge is 0.146 e. The number of hydrogen-bond acceptors (Lipinski definition) is 1. The van der Waals surface area contributed by atoms with Gasteiger partial charge in [0, 0.05) is 10.4 Å². The highest BCUT2D eigenvalue weighted by Gasteiger charge is 2.05. The molecule has 0 spiro atoms. The standard InChI is InChI=1S/C14H11BrCl2O/c1-9-6-11(3-4-12(9)15)18-14-5-2-10(8-16)7-13(14)17/h2-7H,8H2,1H3. The number of aryl methyl sites for hydroxylation is 1. The molecule has 0 heterocycles. The third-order valence-electron chi connectivity index (χ3n) is 2.51. The minimum Gasteiger partial charge on any atom is -0.456 e. The highest BCUT2D eigenvalue weighted by molar-refractivity contribution is 9.10. The van der Waals surface area contributed by atoms with Crippen LogP contribution in [0.15, 0.2) is 40.9 Å². The number of rotatable bonds is 3. The van der Waals surface area contributed by atoms with Crippen molar-refractivity contribution in [3.8, 4) is 11.5 Å². The molecule has 0 aliphatic carbocycles. The molecule has 0 aromatic heterocycles. The Hall–Kier alpha value is -0.700.